The molecule has 1 N–H and O–H groups in total. The second-order valence-corrected chi connectivity index (χ2v) is 7.74. The van der Waals surface area contributed by atoms with Crippen LogP contribution in [0.4, 0.5) is 5.69 Å². The van der Waals surface area contributed by atoms with Crippen molar-refractivity contribution < 1.29 is 14.6 Å². The summed E-state index contributed by atoms with van der Waals surface area (Å²) in [5.74, 6) is -0.303. The Hall–Kier alpha value is -2.66. The molecule has 0 atom stereocenters. The Morgan fingerprint density at radius 3 is 2.32 bits per heavy atom. The van der Waals surface area contributed by atoms with Crippen LogP contribution in [0.5, 0.6) is 5.75 Å². The van der Waals surface area contributed by atoms with Gasteiger partial charge in [0.1, 0.15) is 5.75 Å². The lowest BCUT2D eigenvalue weighted by atomic mass is 10.2. The predicted octanol–water partition coefficient (Wildman–Crippen LogP) is 5.37. The number of carboxylic acids is 1. The molecule has 1 saturated heterocycles. The van der Waals surface area contributed by atoms with Gasteiger partial charge in [-0.1, -0.05) is 11.6 Å². The number of benzene rings is 2. The molecule has 0 aliphatic carbocycles. The standard InChI is InChI=1S/C22H23ClN2O3/c1-14(2)28-17-8-5-15(6-9-17)25-19-13-16(24-11-3-4-12-24)7-10-18(19)20(23)21(25)22(26)27/h5-10,13-14H,3-4,11-12H2,1-2H3,(H,26,27). The number of hydrogen-bond acceptors (Lipinski definition) is 3. The van der Waals surface area contributed by atoms with E-state index in [0.29, 0.717) is 0 Å². The number of ether oxygens (including phenoxy) is 1. The normalized spacial score (nSPS) is 14.2. The van der Waals surface area contributed by atoms with Crippen molar-refractivity contribution in [3.05, 3.63) is 53.2 Å². The number of anilines is 1. The SMILES string of the molecule is CC(C)Oc1ccc(-n2c(C(=O)O)c(Cl)c3ccc(N4CCCC4)cc32)cc1. The first-order valence-electron chi connectivity index (χ1n) is 9.55. The van der Waals surface area contributed by atoms with Gasteiger partial charge in [0.2, 0.25) is 0 Å². The van der Waals surface area contributed by atoms with E-state index in [4.69, 9.17) is 16.3 Å². The van der Waals surface area contributed by atoms with Crippen molar-refractivity contribution in [3.63, 3.8) is 0 Å². The summed E-state index contributed by atoms with van der Waals surface area (Å²) >= 11 is 6.48. The average molecular weight is 399 g/mol. The van der Waals surface area contributed by atoms with E-state index in [1.807, 2.05) is 56.3 Å². The number of aromatic carboxylic acids is 1. The molecule has 1 aliphatic heterocycles. The second kappa shape index (κ2) is 7.40. The van der Waals surface area contributed by atoms with Gasteiger partial charge < -0.3 is 19.3 Å². The maximum atomic E-state index is 12.0. The molecule has 6 heteroatoms. The molecule has 0 unspecified atom stereocenters. The van der Waals surface area contributed by atoms with Gasteiger partial charge in [-0.25, -0.2) is 4.79 Å². The van der Waals surface area contributed by atoms with Crippen LogP contribution in [0.25, 0.3) is 16.6 Å². The molecule has 3 aromatic rings. The summed E-state index contributed by atoms with van der Waals surface area (Å²) in [6.45, 7) is 5.98. The molecule has 4 rings (SSSR count). The van der Waals surface area contributed by atoms with Gasteiger partial charge in [-0.05, 0) is 69.2 Å². The maximum absolute atomic E-state index is 12.0. The Kier molecular flexibility index (Phi) is 4.94. The van der Waals surface area contributed by atoms with Gasteiger partial charge in [-0.2, -0.15) is 0 Å². The largest absolute Gasteiger partial charge is 0.491 e. The zero-order chi connectivity index (χ0) is 19.8. The lowest BCUT2D eigenvalue weighted by Gasteiger charge is -2.18. The zero-order valence-corrected chi connectivity index (χ0v) is 16.7. The van der Waals surface area contributed by atoms with E-state index in [1.165, 1.54) is 12.8 Å². The third-order valence-electron chi connectivity index (χ3n) is 5.03. The fraction of sp³-hybridized carbons (Fsp3) is 0.318. The molecule has 146 valence electrons. The molecule has 2 aromatic carbocycles. The monoisotopic (exact) mass is 398 g/mol. The van der Waals surface area contributed by atoms with Crippen LogP contribution in [0.3, 0.4) is 0 Å². The van der Waals surface area contributed by atoms with Crippen molar-refractivity contribution >= 4 is 34.2 Å². The van der Waals surface area contributed by atoms with Crippen LogP contribution in [0.2, 0.25) is 5.02 Å². The summed E-state index contributed by atoms with van der Waals surface area (Å²) in [4.78, 5) is 14.3. The minimum absolute atomic E-state index is 0.0744. The van der Waals surface area contributed by atoms with E-state index in [-0.39, 0.29) is 16.8 Å². The highest BCUT2D eigenvalue weighted by molar-refractivity contribution is 6.38. The van der Waals surface area contributed by atoms with Crippen LogP contribution in [-0.4, -0.2) is 34.8 Å². The highest BCUT2D eigenvalue weighted by atomic mass is 35.5. The molecule has 0 saturated carbocycles. The lowest BCUT2D eigenvalue weighted by Crippen LogP contribution is -2.17. The molecular weight excluding hydrogens is 376 g/mol. The van der Waals surface area contributed by atoms with E-state index < -0.39 is 5.97 Å². The van der Waals surface area contributed by atoms with Gasteiger partial charge >= 0.3 is 5.97 Å². The number of nitrogens with zero attached hydrogens (tertiary/aromatic N) is 2. The van der Waals surface area contributed by atoms with Crippen LogP contribution in [-0.2, 0) is 0 Å². The van der Waals surface area contributed by atoms with Crippen LogP contribution in [0, 0.1) is 0 Å². The molecule has 2 heterocycles. The van der Waals surface area contributed by atoms with E-state index >= 15 is 0 Å². The van der Waals surface area contributed by atoms with Crippen molar-refractivity contribution in [2.75, 3.05) is 18.0 Å². The van der Waals surface area contributed by atoms with Gasteiger partial charge in [0.25, 0.3) is 0 Å². The van der Waals surface area contributed by atoms with Gasteiger partial charge in [0.15, 0.2) is 5.69 Å². The average Bonchev–Trinajstić information content (AvgIpc) is 3.28. The highest BCUT2D eigenvalue weighted by Gasteiger charge is 2.23. The van der Waals surface area contributed by atoms with Crippen LogP contribution >= 0.6 is 11.6 Å². The van der Waals surface area contributed by atoms with Crippen molar-refractivity contribution in [2.24, 2.45) is 0 Å². The summed E-state index contributed by atoms with van der Waals surface area (Å²) in [7, 11) is 0. The second-order valence-electron chi connectivity index (χ2n) is 7.36. The fourth-order valence-electron chi connectivity index (χ4n) is 3.81. The van der Waals surface area contributed by atoms with Crippen molar-refractivity contribution in [3.8, 4) is 11.4 Å². The third-order valence-corrected chi connectivity index (χ3v) is 5.41. The van der Waals surface area contributed by atoms with Crippen LogP contribution in [0.15, 0.2) is 42.5 Å². The Morgan fingerprint density at radius 1 is 1.07 bits per heavy atom. The van der Waals surface area contributed by atoms with Crippen molar-refractivity contribution in [2.45, 2.75) is 32.8 Å². The van der Waals surface area contributed by atoms with E-state index in [0.717, 1.165) is 41.1 Å². The summed E-state index contributed by atoms with van der Waals surface area (Å²) in [6, 6.07) is 13.4. The number of carbonyl (C=O) groups is 1. The molecule has 28 heavy (non-hydrogen) atoms. The van der Waals surface area contributed by atoms with Gasteiger partial charge in [0.05, 0.1) is 16.6 Å². The summed E-state index contributed by atoms with van der Waals surface area (Å²) in [5, 5.41) is 10.8. The van der Waals surface area contributed by atoms with E-state index in [9.17, 15) is 9.90 Å². The predicted molar refractivity (Wildman–Crippen MR) is 112 cm³/mol. The molecule has 0 amide bonds. The zero-order valence-electron chi connectivity index (χ0n) is 16.0. The van der Waals surface area contributed by atoms with Crippen molar-refractivity contribution in [1.29, 1.82) is 0 Å². The quantitative estimate of drug-likeness (QED) is 0.627. The molecule has 0 radical (unpaired) electrons. The number of fused-ring (bicyclic) bond motifs is 1. The Bertz CT molecular complexity index is 1020. The molecule has 0 spiro atoms. The molecular formula is C22H23ClN2O3. The molecule has 0 bridgehead atoms. The Morgan fingerprint density at radius 2 is 1.71 bits per heavy atom. The van der Waals surface area contributed by atoms with Crippen LogP contribution in [0.1, 0.15) is 37.2 Å². The Balaban J connectivity index is 1.87. The highest BCUT2D eigenvalue weighted by Crippen LogP contribution is 2.36. The molecule has 1 fully saturated rings. The van der Waals surface area contributed by atoms with E-state index in [2.05, 4.69) is 4.90 Å². The summed E-state index contributed by atoms with van der Waals surface area (Å²) in [5.41, 5.74) is 2.71. The van der Waals surface area contributed by atoms with Crippen molar-refractivity contribution in [1.82, 2.24) is 4.57 Å². The first-order valence-corrected chi connectivity index (χ1v) is 9.93. The van der Waals surface area contributed by atoms with Gasteiger partial charge in [-0.3, -0.25) is 0 Å². The molecule has 1 aromatic heterocycles. The van der Waals surface area contributed by atoms with Crippen LogP contribution < -0.4 is 9.64 Å². The minimum Gasteiger partial charge on any atom is -0.491 e. The number of aromatic nitrogens is 1. The lowest BCUT2D eigenvalue weighted by molar-refractivity contribution is 0.0689. The summed E-state index contributed by atoms with van der Waals surface area (Å²) in [6.07, 6.45) is 2.43. The third kappa shape index (κ3) is 3.31. The topological polar surface area (TPSA) is 54.7 Å². The minimum atomic E-state index is -1.05. The Labute approximate surface area is 169 Å². The number of carboxylic acid groups (broad SMARTS) is 1. The molecule has 1 aliphatic rings. The first-order chi connectivity index (χ1) is 13.5. The first kappa shape index (κ1) is 18.7. The number of halogens is 1. The van der Waals surface area contributed by atoms with Gasteiger partial charge in [-0.15, -0.1) is 0 Å². The fourth-order valence-corrected chi connectivity index (χ4v) is 4.14. The van der Waals surface area contributed by atoms with E-state index in [1.54, 1.807) is 4.57 Å². The smallest absolute Gasteiger partial charge is 0.354 e. The molecule has 5 nitrogen and oxygen atoms in total. The van der Waals surface area contributed by atoms with Gasteiger partial charge in [0, 0.05) is 29.9 Å². The number of hydrogen-bond donors (Lipinski definition) is 1. The number of rotatable bonds is 5. The summed E-state index contributed by atoms with van der Waals surface area (Å²) < 4.78 is 7.42. The maximum Gasteiger partial charge on any atom is 0.354 e.